The van der Waals surface area contributed by atoms with Gasteiger partial charge in [0, 0.05) is 12.6 Å². The number of rotatable bonds is 2. The molecule has 2 aromatic rings. The quantitative estimate of drug-likeness (QED) is 0.888. The average Bonchev–Trinajstić information content (AvgIpc) is 2.83. The number of aromatic nitrogens is 2. The summed E-state index contributed by atoms with van der Waals surface area (Å²) in [7, 11) is -3.07. The molecule has 0 amide bonds. The van der Waals surface area contributed by atoms with E-state index >= 15 is 0 Å². The molecule has 1 aromatic carbocycles. The first kappa shape index (κ1) is 13.8. The third-order valence-electron chi connectivity index (χ3n) is 3.67. The monoisotopic (exact) mass is 361 g/mol. The van der Waals surface area contributed by atoms with Crippen molar-refractivity contribution in [3.63, 3.8) is 0 Å². The number of fused-ring (bicyclic) bond motifs is 1. The molecule has 20 heavy (non-hydrogen) atoms. The molecule has 0 bridgehead atoms. The number of halogens is 2. The van der Waals surface area contributed by atoms with Gasteiger partial charge in [0.25, 0.3) is 0 Å². The number of nitrogens with two attached hydrogens (primary N) is 1. The van der Waals surface area contributed by atoms with Crippen molar-refractivity contribution in [2.45, 2.75) is 24.6 Å². The smallest absolute Gasteiger partial charge is 0.201 e. The van der Waals surface area contributed by atoms with E-state index in [0.717, 1.165) is 0 Å². The van der Waals surface area contributed by atoms with Crippen LogP contribution in [0.15, 0.2) is 16.6 Å². The Morgan fingerprint density at radius 3 is 2.90 bits per heavy atom. The molecule has 1 aromatic heterocycles. The second-order valence-electron chi connectivity index (χ2n) is 4.97. The van der Waals surface area contributed by atoms with Gasteiger partial charge in [0.15, 0.2) is 9.84 Å². The summed E-state index contributed by atoms with van der Waals surface area (Å²) in [5.74, 6) is -0.00284. The first-order valence-electron chi connectivity index (χ1n) is 6.21. The molecule has 1 fully saturated rings. The third kappa shape index (κ3) is 2.20. The normalized spacial score (nSPS) is 21.6. The van der Waals surface area contributed by atoms with Crippen molar-refractivity contribution < 1.29 is 12.8 Å². The molecule has 2 N–H and O–H groups in total. The Labute approximate surface area is 124 Å². The molecular formula is C12H13BrFN3O2S. The molecule has 0 radical (unpaired) electrons. The predicted molar refractivity (Wildman–Crippen MR) is 78.6 cm³/mol. The number of benzene rings is 1. The van der Waals surface area contributed by atoms with Crippen LogP contribution in [-0.4, -0.2) is 29.0 Å². The fraction of sp³-hybridized carbons (Fsp3) is 0.417. The predicted octanol–water partition coefficient (Wildman–Crippen LogP) is 2.10. The van der Waals surface area contributed by atoms with Gasteiger partial charge in [-0.3, -0.25) is 0 Å². The van der Waals surface area contributed by atoms with Crippen LogP contribution in [0.1, 0.15) is 12.8 Å². The lowest BCUT2D eigenvalue weighted by molar-refractivity contribution is 0.571. The summed E-state index contributed by atoms with van der Waals surface area (Å²) in [6.45, 7) is 0.228. The van der Waals surface area contributed by atoms with Gasteiger partial charge >= 0.3 is 0 Å². The largest absolute Gasteiger partial charge is 0.369 e. The highest BCUT2D eigenvalue weighted by Crippen LogP contribution is 2.28. The molecule has 0 aliphatic carbocycles. The van der Waals surface area contributed by atoms with Crippen LogP contribution in [0.4, 0.5) is 10.3 Å². The summed E-state index contributed by atoms with van der Waals surface area (Å²) in [5.41, 5.74) is 6.91. The molecule has 5 nitrogen and oxygen atoms in total. The lowest BCUT2D eigenvalue weighted by Crippen LogP contribution is -2.23. The number of imidazole rings is 1. The van der Waals surface area contributed by atoms with E-state index < -0.39 is 20.9 Å². The summed E-state index contributed by atoms with van der Waals surface area (Å²) >= 11 is 3.10. The third-order valence-corrected chi connectivity index (χ3v) is 6.53. The zero-order chi connectivity index (χ0) is 14.5. The van der Waals surface area contributed by atoms with E-state index in [2.05, 4.69) is 20.9 Å². The summed E-state index contributed by atoms with van der Waals surface area (Å²) < 4.78 is 39.3. The first-order chi connectivity index (χ1) is 9.38. The summed E-state index contributed by atoms with van der Waals surface area (Å²) in [6.07, 6.45) is 1.28. The molecule has 2 heterocycles. The van der Waals surface area contributed by atoms with Gasteiger partial charge in [-0.05, 0) is 34.8 Å². The number of anilines is 1. The second-order valence-corrected chi connectivity index (χ2v) is 8.22. The standard InChI is InChI=1S/C12H13BrFN3O2S/c13-8-4-10-11(5-9(8)14)17(12(15)16-10)6-7-2-1-3-20(7,18)19/h4-5,7H,1-3,6H2,(H2,15,16). The lowest BCUT2D eigenvalue weighted by Gasteiger charge is -2.12. The molecule has 1 atom stereocenters. The Morgan fingerprint density at radius 2 is 2.25 bits per heavy atom. The lowest BCUT2D eigenvalue weighted by atomic mass is 10.2. The highest BCUT2D eigenvalue weighted by atomic mass is 79.9. The van der Waals surface area contributed by atoms with Crippen molar-refractivity contribution in [3.05, 3.63) is 22.4 Å². The van der Waals surface area contributed by atoms with E-state index in [0.29, 0.717) is 28.3 Å². The minimum Gasteiger partial charge on any atom is -0.369 e. The molecule has 8 heteroatoms. The van der Waals surface area contributed by atoms with Gasteiger partial charge in [0.05, 0.1) is 26.5 Å². The number of hydrogen-bond donors (Lipinski definition) is 1. The Morgan fingerprint density at radius 1 is 1.50 bits per heavy atom. The zero-order valence-corrected chi connectivity index (χ0v) is 12.9. The van der Waals surface area contributed by atoms with Crippen LogP contribution < -0.4 is 5.73 Å². The van der Waals surface area contributed by atoms with Gasteiger partial charge in [0.2, 0.25) is 5.95 Å². The van der Waals surface area contributed by atoms with Gasteiger partial charge in [-0.15, -0.1) is 0 Å². The van der Waals surface area contributed by atoms with E-state index in [1.807, 2.05) is 0 Å². The van der Waals surface area contributed by atoms with Gasteiger partial charge in [-0.25, -0.2) is 17.8 Å². The van der Waals surface area contributed by atoms with Crippen molar-refractivity contribution in [2.24, 2.45) is 0 Å². The molecule has 3 rings (SSSR count). The average molecular weight is 362 g/mol. The van der Waals surface area contributed by atoms with Gasteiger partial charge < -0.3 is 10.3 Å². The Kier molecular flexibility index (Phi) is 3.24. The van der Waals surface area contributed by atoms with Crippen molar-refractivity contribution in [1.29, 1.82) is 0 Å². The van der Waals surface area contributed by atoms with E-state index in [1.54, 1.807) is 10.6 Å². The molecule has 0 spiro atoms. The minimum absolute atomic E-state index is 0.208. The Bertz CT molecular complexity index is 788. The van der Waals surface area contributed by atoms with Crippen LogP contribution in [-0.2, 0) is 16.4 Å². The number of nitrogens with zero attached hydrogens (tertiary/aromatic N) is 2. The van der Waals surface area contributed by atoms with Crippen molar-refractivity contribution in [3.8, 4) is 0 Å². The fourth-order valence-corrected chi connectivity index (χ4v) is 4.73. The number of hydrogen-bond acceptors (Lipinski definition) is 4. The molecule has 1 saturated heterocycles. The summed E-state index contributed by atoms with van der Waals surface area (Å²) in [5, 5.41) is -0.464. The van der Waals surface area contributed by atoms with E-state index in [4.69, 9.17) is 5.73 Å². The summed E-state index contributed by atoms with van der Waals surface area (Å²) in [6, 6.07) is 2.87. The maximum absolute atomic E-state index is 13.7. The first-order valence-corrected chi connectivity index (χ1v) is 8.71. The maximum atomic E-state index is 13.7. The molecule has 1 unspecified atom stereocenters. The van der Waals surface area contributed by atoms with Crippen molar-refractivity contribution in [2.75, 3.05) is 11.5 Å². The Hall–Kier alpha value is -1.15. The maximum Gasteiger partial charge on any atom is 0.201 e. The van der Waals surface area contributed by atoms with Crippen LogP contribution in [0.3, 0.4) is 0 Å². The van der Waals surface area contributed by atoms with E-state index in [9.17, 15) is 12.8 Å². The second kappa shape index (κ2) is 4.70. The Balaban J connectivity index is 2.07. The minimum atomic E-state index is -3.07. The fourth-order valence-electron chi connectivity index (χ4n) is 2.60. The van der Waals surface area contributed by atoms with E-state index in [1.165, 1.54) is 6.07 Å². The van der Waals surface area contributed by atoms with Gasteiger partial charge in [-0.2, -0.15) is 0 Å². The highest BCUT2D eigenvalue weighted by Gasteiger charge is 2.32. The molecular weight excluding hydrogens is 349 g/mol. The van der Waals surface area contributed by atoms with E-state index in [-0.39, 0.29) is 18.2 Å². The van der Waals surface area contributed by atoms with Crippen molar-refractivity contribution >= 4 is 42.7 Å². The SMILES string of the molecule is Nc1nc2cc(Br)c(F)cc2n1CC1CCCS1(=O)=O. The number of nitrogen functional groups attached to an aromatic ring is 1. The topological polar surface area (TPSA) is 78.0 Å². The van der Waals surface area contributed by atoms with Crippen LogP contribution in [0.5, 0.6) is 0 Å². The summed E-state index contributed by atoms with van der Waals surface area (Å²) in [4.78, 5) is 4.15. The highest BCUT2D eigenvalue weighted by molar-refractivity contribution is 9.10. The molecule has 0 saturated carbocycles. The van der Waals surface area contributed by atoms with Gasteiger partial charge in [-0.1, -0.05) is 0 Å². The van der Waals surface area contributed by atoms with Crippen LogP contribution in [0.25, 0.3) is 11.0 Å². The number of sulfone groups is 1. The molecule has 1 aliphatic heterocycles. The van der Waals surface area contributed by atoms with Crippen LogP contribution in [0.2, 0.25) is 0 Å². The van der Waals surface area contributed by atoms with Crippen LogP contribution >= 0.6 is 15.9 Å². The zero-order valence-electron chi connectivity index (χ0n) is 10.5. The van der Waals surface area contributed by atoms with Crippen LogP contribution in [0, 0.1) is 5.82 Å². The molecule has 1 aliphatic rings. The molecule has 108 valence electrons. The van der Waals surface area contributed by atoms with Gasteiger partial charge in [0.1, 0.15) is 5.82 Å². The van der Waals surface area contributed by atoms with Crippen molar-refractivity contribution in [1.82, 2.24) is 9.55 Å².